The molecule has 108 valence electrons. The fourth-order valence-corrected chi connectivity index (χ4v) is 4.50. The van der Waals surface area contributed by atoms with Crippen LogP contribution in [-0.2, 0) is 4.79 Å². The predicted octanol–water partition coefficient (Wildman–Crippen LogP) is 2.09. The molecule has 0 aromatic carbocycles. The predicted molar refractivity (Wildman–Crippen MR) is 74.9 cm³/mol. The number of hydrogen-bond donors (Lipinski definition) is 1. The van der Waals surface area contributed by atoms with Crippen molar-refractivity contribution in [3.63, 3.8) is 0 Å². The molecule has 6 heteroatoms. The van der Waals surface area contributed by atoms with Gasteiger partial charge in [-0.1, -0.05) is 6.42 Å². The Morgan fingerprint density at radius 2 is 2.10 bits per heavy atom. The lowest BCUT2D eigenvalue weighted by molar-refractivity contribution is -0.142. The Bertz CT molecular complexity index is 569. The molecule has 2 fully saturated rings. The summed E-state index contributed by atoms with van der Waals surface area (Å²) in [6.45, 7) is 4.29. The molecular formula is C14H18N2O3S. The van der Waals surface area contributed by atoms with Crippen LogP contribution in [0.2, 0.25) is 0 Å². The number of aliphatic carboxylic acids is 1. The first-order valence-corrected chi connectivity index (χ1v) is 7.78. The van der Waals surface area contributed by atoms with Gasteiger partial charge in [0.25, 0.3) is 5.91 Å². The summed E-state index contributed by atoms with van der Waals surface area (Å²) >= 11 is 1.48. The monoisotopic (exact) mass is 294 g/mol. The Morgan fingerprint density at radius 1 is 1.35 bits per heavy atom. The fourth-order valence-electron chi connectivity index (χ4n) is 3.69. The number of amides is 1. The third-order valence-electron chi connectivity index (χ3n) is 4.51. The number of likely N-dealkylation sites (tertiary alicyclic amines) is 1. The summed E-state index contributed by atoms with van der Waals surface area (Å²) in [6.07, 6.45) is 3.03. The number of rotatable bonds is 2. The first-order valence-electron chi connectivity index (χ1n) is 6.97. The van der Waals surface area contributed by atoms with E-state index in [1.807, 2.05) is 13.8 Å². The van der Waals surface area contributed by atoms with Gasteiger partial charge >= 0.3 is 5.97 Å². The minimum Gasteiger partial charge on any atom is -0.480 e. The smallest absolute Gasteiger partial charge is 0.326 e. The quantitative estimate of drug-likeness (QED) is 0.906. The van der Waals surface area contributed by atoms with E-state index in [0.717, 1.165) is 29.1 Å². The van der Waals surface area contributed by atoms with Gasteiger partial charge in [-0.05, 0) is 38.5 Å². The van der Waals surface area contributed by atoms with Crippen molar-refractivity contribution < 1.29 is 14.7 Å². The van der Waals surface area contributed by atoms with Gasteiger partial charge in [0.05, 0.1) is 5.01 Å². The van der Waals surface area contributed by atoms with Crippen LogP contribution in [0.4, 0.5) is 0 Å². The zero-order valence-corrected chi connectivity index (χ0v) is 12.4. The van der Waals surface area contributed by atoms with Crippen molar-refractivity contribution in [2.75, 3.05) is 6.54 Å². The normalized spacial score (nSPS) is 28.7. The second-order valence-corrected chi connectivity index (χ2v) is 7.14. The zero-order chi connectivity index (χ0) is 14.4. The molecule has 0 spiro atoms. The molecule has 20 heavy (non-hydrogen) atoms. The Morgan fingerprint density at radius 3 is 2.70 bits per heavy atom. The van der Waals surface area contributed by atoms with Crippen LogP contribution in [0.3, 0.4) is 0 Å². The third kappa shape index (κ3) is 2.02. The summed E-state index contributed by atoms with van der Waals surface area (Å²) in [5.41, 5.74) is 0.429. The molecule has 1 saturated carbocycles. The third-order valence-corrected chi connectivity index (χ3v) is 5.40. The number of thiazole rings is 1. The Balaban J connectivity index is 1.91. The number of carboxylic acids is 1. The average Bonchev–Trinajstić information content (AvgIpc) is 3.00. The fraction of sp³-hybridized carbons (Fsp3) is 0.643. The molecule has 0 bridgehead atoms. The summed E-state index contributed by atoms with van der Waals surface area (Å²) in [5.74, 6) is -0.623. The molecule has 5 nitrogen and oxygen atoms in total. The number of carboxylic acid groups (broad SMARTS) is 1. The van der Waals surface area contributed by atoms with Crippen molar-refractivity contribution in [1.29, 1.82) is 0 Å². The van der Waals surface area contributed by atoms with Gasteiger partial charge in [-0.2, -0.15) is 0 Å². The van der Waals surface area contributed by atoms with E-state index in [9.17, 15) is 14.7 Å². The van der Waals surface area contributed by atoms with Crippen LogP contribution in [0.5, 0.6) is 0 Å². The number of aromatic nitrogens is 1. The average molecular weight is 294 g/mol. The molecule has 3 unspecified atom stereocenters. The van der Waals surface area contributed by atoms with Crippen LogP contribution >= 0.6 is 11.3 Å². The van der Waals surface area contributed by atoms with Crippen LogP contribution in [0.1, 0.15) is 39.6 Å². The van der Waals surface area contributed by atoms with Gasteiger partial charge in [0.2, 0.25) is 0 Å². The molecule has 0 radical (unpaired) electrons. The van der Waals surface area contributed by atoms with Crippen LogP contribution in [0, 0.1) is 25.7 Å². The minimum atomic E-state index is -0.877. The summed E-state index contributed by atoms with van der Waals surface area (Å²) in [5, 5.41) is 10.3. The van der Waals surface area contributed by atoms with Gasteiger partial charge in [-0.25, -0.2) is 9.78 Å². The Hall–Kier alpha value is -1.43. The first-order chi connectivity index (χ1) is 9.49. The number of carbonyl (C=O) groups excluding carboxylic acids is 1. The number of aryl methyl sites for hydroxylation is 2. The number of carbonyl (C=O) groups is 2. The van der Waals surface area contributed by atoms with E-state index in [1.165, 1.54) is 11.3 Å². The van der Waals surface area contributed by atoms with Crippen molar-refractivity contribution in [2.45, 2.75) is 39.2 Å². The lowest BCUT2D eigenvalue weighted by Crippen LogP contribution is -2.43. The lowest BCUT2D eigenvalue weighted by Gasteiger charge is -2.23. The standard InChI is InChI=1S/C14H18N2O3S/c1-7-11(15-8(2)20-7)13(17)16-6-9-4-3-5-10(9)12(16)14(18)19/h9-10,12H,3-6H2,1-2H3,(H,18,19). The van der Waals surface area contributed by atoms with Crippen LogP contribution in [0.15, 0.2) is 0 Å². The summed E-state index contributed by atoms with van der Waals surface area (Å²) < 4.78 is 0. The summed E-state index contributed by atoms with van der Waals surface area (Å²) in [4.78, 5) is 30.9. The molecule has 2 heterocycles. The van der Waals surface area contributed by atoms with Gasteiger partial charge in [0.1, 0.15) is 11.7 Å². The van der Waals surface area contributed by atoms with E-state index in [0.29, 0.717) is 18.2 Å². The molecule has 1 aromatic rings. The van der Waals surface area contributed by atoms with E-state index in [2.05, 4.69) is 4.98 Å². The van der Waals surface area contributed by atoms with Crippen molar-refractivity contribution in [2.24, 2.45) is 11.8 Å². The summed E-state index contributed by atoms with van der Waals surface area (Å²) in [7, 11) is 0. The maximum atomic E-state index is 12.6. The van der Waals surface area contributed by atoms with Gasteiger partial charge in [0, 0.05) is 11.4 Å². The molecule has 3 atom stereocenters. The maximum Gasteiger partial charge on any atom is 0.326 e. The van der Waals surface area contributed by atoms with E-state index in [4.69, 9.17) is 0 Å². The minimum absolute atomic E-state index is 0.122. The second-order valence-electron chi connectivity index (χ2n) is 5.73. The molecule has 1 amide bonds. The van der Waals surface area contributed by atoms with Crippen molar-refractivity contribution in [3.05, 3.63) is 15.6 Å². The topological polar surface area (TPSA) is 70.5 Å². The highest BCUT2D eigenvalue weighted by molar-refractivity contribution is 7.11. The zero-order valence-electron chi connectivity index (χ0n) is 11.6. The van der Waals surface area contributed by atoms with Crippen molar-refractivity contribution in [3.8, 4) is 0 Å². The SMILES string of the molecule is Cc1nc(C(=O)N2CC3CCCC3C2C(=O)O)c(C)s1. The molecule has 3 rings (SSSR count). The Kier molecular flexibility index (Phi) is 3.28. The van der Waals surface area contributed by atoms with Crippen LogP contribution < -0.4 is 0 Å². The van der Waals surface area contributed by atoms with Crippen molar-refractivity contribution >= 4 is 23.2 Å². The largest absolute Gasteiger partial charge is 0.480 e. The van der Waals surface area contributed by atoms with Gasteiger partial charge in [-0.3, -0.25) is 4.79 Å². The maximum absolute atomic E-state index is 12.6. The molecule has 1 saturated heterocycles. The first kappa shape index (κ1) is 13.5. The lowest BCUT2D eigenvalue weighted by atomic mass is 9.94. The molecular weight excluding hydrogens is 276 g/mol. The number of nitrogens with zero attached hydrogens (tertiary/aromatic N) is 2. The highest BCUT2D eigenvalue weighted by atomic mass is 32.1. The van der Waals surface area contributed by atoms with E-state index in [-0.39, 0.29) is 11.8 Å². The molecule has 2 aliphatic rings. The molecule has 1 aromatic heterocycles. The number of hydrogen-bond acceptors (Lipinski definition) is 4. The molecule has 1 aliphatic heterocycles. The number of fused-ring (bicyclic) bond motifs is 1. The van der Waals surface area contributed by atoms with Gasteiger partial charge in [-0.15, -0.1) is 11.3 Å². The Labute approximate surface area is 121 Å². The molecule has 1 N–H and O–H groups in total. The van der Waals surface area contributed by atoms with Crippen LogP contribution in [-0.4, -0.2) is 39.5 Å². The van der Waals surface area contributed by atoms with Crippen molar-refractivity contribution in [1.82, 2.24) is 9.88 Å². The summed E-state index contributed by atoms with van der Waals surface area (Å²) in [6, 6.07) is -0.670. The highest BCUT2D eigenvalue weighted by Crippen LogP contribution is 2.42. The van der Waals surface area contributed by atoms with Crippen LogP contribution in [0.25, 0.3) is 0 Å². The second kappa shape index (κ2) is 4.84. The van der Waals surface area contributed by atoms with E-state index < -0.39 is 12.0 Å². The molecule has 1 aliphatic carbocycles. The van der Waals surface area contributed by atoms with Gasteiger partial charge < -0.3 is 10.0 Å². The van der Waals surface area contributed by atoms with E-state index >= 15 is 0 Å². The van der Waals surface area contributed by atoms with Gasteiger partial charge in [0.15, 0.2) is 0 Å². The van der Waals surface area contributed by atoms with E-state index in [1.54, 1.807) is 4.90 Å². The highest BCUT2D eigenvalue weighted by Gasteiger charge is 2.50.